The summed E-state index contributed by atoms with van der Waals surface area (Å²) in [7, 11) is 2.23. The molecule has 1 aromatic carbocycles. The van der Waals surface area contributed by atoms with E-state index in [1.807, 2.05) is 20.8 Å². The highest BCUT2D eigenvalue weighted by Gasteiger charge is 2.69. The lowest BCUT2D eigenvalue weighted by Gasteiger charge is -2.59. The molecule has 156 valence electrons. The van der Waals surface area contributed by atoms with Gasteiger partial charge in [-0.25, -0.2) is 0 Å². The second-order valence-corrected chi connectivity index (χ2v) is 10.9. The van der Waals surface area contributed by atoms with Gasteiger partial charge in [-0.1, -0.05) is 12.1 Å². The third-order valence-corrected chi connectivity index (χ3v) is 8.10. The first-order valence-electron chi connectivity index (χ1n) is 10.9. The number of carbonyl (C=O) groups excluding carboxylic acids is 2. The van der Waals surface area contributed by atoms with Crippen LogP contribution in [0.1, 0.15) is 56.7 Å². The van der Waals surface area contributed by atoms with Crippen molar-refractivity contribution in [1.82, 2.24) is 0 Å². The maximum atomic E-state index is 12.9. The summed E-state index contributed by atoms with van der Waals surface area (Å²) in [6.45, 7) is 9.08. The number of likely N-dealkylation sites (N-methyl/N-ethyl adjacent to an activating group) is 1. The summed E-state index contributed by atoms with van der Waals surface area (Å²) in [5.41, 5.74) is 3.12. The van der Waals surface area contributed by atoms with Gasteiger partial charge in [-0.05, 0) is 45.2 Å². The van der Waals surface area contributed by atoms with Crippen LogP contribution in [-0.2, 0) is 26.2 Å². The third kappa shape index (κ3) is 2.43. The molecule has 0 aromatic heterocycles. The SMILES string of the molecule is Cc1ccc2c3c1O[C@H]1C(=O)CC[C@H]4C(C2)[N@@+](C)(COC(=O)C(C)(C)C)CC[C@]314. The first-order chi connectivity index (χ1) is 13.6. The predicted molar refractivity (Wildman–Crippen MR) is 109 cm³/mol. The molecule has 29 heavy (non-hydrogen) atoms. The van der Waals surface area contributed by atoms with Gasteiger partial charge in [0.15, 0.2) is 11.9 Å². The van der Waals surface area contributed by atoms with Crippen molar-refractivity contribution in [3.05, 3.63) is 28.8 Å². The third-order valence-electron chi connectivity index (χ3n) is 8.10. The molecule has 1 saturated carbocycles. The van der Waals surface area contributed by atoms with E-state index in [9.17, 15) is 9.59 Å². The Bertz CT molecular complexity index is 916. The average Bonchev–Trinajstić information content (AvgIpc) is 3.02. The summed E-state index contributed by atoms with van der Waals surface area (Å²) in [5, 5.41) is 0. The van der Waals surface area contributed by atoms with E-state index in [1.54, 1.807) is 0 Å². The lowest BCUT2D eigenvalue weighted by Crippen LogP contribution is -2.72. The molecule has 5 rings (SSSR count). The fourth-order valence-corrected chi connectivity index (χ4v) is 6.52. The van der Waals surface area contributed by atoms with Crippen LogP contribution in [0.4, 0.5) is 0 Å². The van der Waals surface area contributed by atoms with Crippen molar-refractivity contribution in [2.45, 2.75) is 70.9 Å². The van der Waals surface area contributed by atoms with Crippen LogP contribution in [0.5, 0.6) is 5.75 Å². The summed E-state index contributed by atoms with van der Waals surface area (Å²) < 4.78 is 12.9. The number of Topliss-reactive ketones (excluding diaryl/α,β-unsaturated/α-hetero) is 1. The summed E-state index contributed by atoms with van der Waals surface area (Å²) in [6.07, 6.45) is 3.06. The number of ether oxygens (including phenoxy) is 2. The topological polar surface area (TPSA) is 52.6 Å². The summed E-state index contributed by atoms with van der Waals surface area (Å²) in [5.74, 6) is 1.49. The largest absolute Gasteiger partial charge is 0.481 e. The number of piperidine rings is 1. The Labute approximate surface area is 172 Å². The minimum Gasteiger partial charge on any atom is -0.481 e. The molecule has 1 aromatic rings. The van der Waals surface area contributed by atoms with Gasteiger partial charge in [0.25, 0.3) is 0 Å². The summed E-state index contributed by atoms with van der Waals surface area (Å²) >= 11 is 0. The Balaban J connectivity index is 1.56. The van der Waals surface area contributed by atoms with E-state index in [1.165, 1.54) is 11.1 Å². The minimum atomic E-state index is -0.497. The highest BCUT2D eigenvalue weighted by Crippen LogP contribution is 2.63. The van der Waals surface area contributed by atoms with Crippen molar-refractivity contribution in [3.63, 3.8) is 0 Å². The molecule has 5 heteroatoms. The number of hydrogen-bond acceptors (Lipinski definition) is 4. The molecule has 2 fully saturated rings. The fourth-order valence-electron chi connectivity index (χ4n) is 6.52. The van der Waals surface area contributed by atoms with Crippen LogP contribution in [0.2, 0.25) is 0 Å². The zero-order valence-corrected chi connectivity index (χ0v) is 18.2. The average molecular weight is 399 g/mol. The number of quaternary nitrogens is 1. The quantitative estimate of drug-likeness (QED) is 0.567. The lowest BCUT2D eigenvalue weighted by atomic mass is 9.51. The maximum absolute atomic E-state index is 12.9. The molecule has 0 radical (unpaired) electrons. The highest BCUT2D eigenvalue weighted by molar-refractivity contribution is 5.89. The first kappa shape index (κ1) is 19.1. The van der Waals surface area contributed by atoms with Crippen molar-refractivity contribution >= 4 is 11.8 Å². The van der Waals surface area contributed by atoms with Crippen molar-refractivity contribution in [2.75, 3.05) is 20.3 Å². The molecule has 1 spiro atoms. The van der Waals surface area contributed by atoms with Crippen LogP contribution in [0.25, 0.3) is 0 Å². The van der Waals surface area contributed by atoms with E-state index < -0.39 is 5.41 Å². The van der Waals surface area contributed by atoms with Crippen LogP contribution in [-0.4, -0.2) is 48.7 Å². The first-order valence-corrected chi connectivity index (χ1v) is 10.9. The summed E-state index contributed by atoms with van der Waals surface area (Å²) in [6, 6.07) is 4.71. The summed E-state index contributed by atoms with van der Waals surface area (Å²) in [4.78, 5) is 25.4. The zero-order valence-electron chi connectivity index (χ0n) is 18.2. The Morgan fingerprint density at radius 1 is 1.34 bits per heavy atom. The van der Waals surface area contributed by atoms with Crippen molar-refractivity contribution in [3.8, 4) is 5.75 Å². The highest BCUT2D eigenvalue weighted by atomic mass is 16.5. The van der Waals surface area contributed by atoms with E-state index in [2.05, 4.69) is 26.1 Å². The number of hydrogen-bond donors (Lipinski definition) is 0. The molecule has 2 bridgehead atoms. The Morgan fingerprint density at radius 2 is 2.10 bits per heavy atom. The molecule has 1 saturated heterocycles. The molecule has 2 heterocycles. The molecular formula is C24H32NO4+. The van der Waals surface area contributed by atoms with Gasteiger partial charge in [-0.3, -0.25) is 14.1 Å². The van der Waals surface area contributed by atoms with Gasteiger partial charge in [-0.15, -0.1) is 0 Å². The number of aryl methyl sites for hydroxylation is 1. The van der Waals surface area contributed by atoms with Crippen LogP contribution in [0.15, 0.2) is 12.1 Å². The Morgan fingerprint density at radius 3 is 2.83 bits per heavy atom. The fraction of sp³-hybridized carbons (Fsp3) is 0.667. The number of benzene rings is 1. The number of carbonyl (C=O) groups is 2. The van der Waals surface area contributed by atoms with Crippen LogP contribution in [0, 0.1) is 18.3 Å². The molecule has 5 nitrogen and oxygen atoms in total. The van der Waals surface area contributed by atoms with E-state index in [-0.39, 0.29) is 23.3 Å². The van der Waals surface area contributed by atoms with E-state index in [0.717, 1.165) is 41.6 Å². The van der Waals surface area contributed by atoms with Gasteiger partial charge >= 0.3 is 5.97 Å². The number of ketones is 1. The van der Waals surface area contributed by atoms with Gasteiger partial charge in [0.1, 0.15) is 5.75 Å². The normalized spacial score (nSPS) is 37.0. The standard InChI is InChI=1S/C24H32NO4/c1-14-6-7-15-12-17-16-8-9-18(26)21-24(16,19(15)20(14)29-21)10-11-25(17,5)13-28-22(27)23(2,3)4/h6-7,16-17,21H,8-13H2,1-5H3/q+1/t16-,17?,21-,24-,25+/m0/s1. The van der Waals surface area contributed by atoms with E-state index in [4.69, 9.17) is 9.47 Å². The number of esters is 1. The van der Waals surface area contributed by atoms with Gasteiger partial charge in [0, 0.05) is 30.7 Å². The second kappa shape index (κ2) is 5.84. The van der Waals surface area contributed by atoms with Gasteiger partial charge in [-0.2, -0.15) is 0 Å². The Kier molecular flexibility index (Phi) is 3.85. The van der Waals surface area contributed by atoms with Crippen LogP contribution in [0.3, 0.4) is 0 Å². The lowest BCUT2D eigenvalue weighted by molar-refractivity contribution is -0.959. The smallest absolute Gasteiger partial charge is 0.315 e. The van der Waals surface area contributed by atoms with Gasteiger partial charge in [0.2, 0.25) is 6.73 Å². The predicted octanol–water partition coefficient (Wildman–Crippen LogP) is 3.29. The van der Waals surface area contributed by atoms with Crippen molar-refractivity contribution in [1.29, 1.82) is 0 Å². The minimum absolute atomic E-state index is 0.146. The number of nitrogens with zero attached hydrogens (tertiary/aromatic N) is 1. The van der Waals surface area contributed by atoms with Gasteiger partial charge in [0.05, 0.1) is 30.5 Å². The van der Waals surface area contributed by atoms with Crippen LogP contribution < -0.4 is 4.74 Å². The molecule has 4 aliphatic rings. The van der Waals surface area contributed by atoms with E-state index in [0.29, 0.717) is 25.1 Å². The van der Waals surface area contributed by atoms with Crippen LogP contribution >= 0.6 is 0 Å². The molecule has 1 unspecified atom stereocenters. The molecule has 2 aliphatic carbocycles. The zero-order chi connectivity index (χ0) is 20.8. The molecular weight excluding hydrogens is 366 g/mol. The van der Waals surface area contributed by atoms with Crippen molar-refractivity contribution < 1.29 is 23.5 Å². The maximum Gasteiger partial charge on any atom is 0.315 e. The number of likely N-dealkylation sites (tertiary alicyclic amines) is 1. The molecule has 0 amide bonds. The molecule has 0 N–H and O–H groups in total. The van der Waals surface area contributed by atoms with Gasteiger partial charge < -0.3 is 9.47 Å². The second-order valence-electron chi connectivity index (χ2n) is 10.9. The van der Waals surface area contributed by atoms with E-state index >= 15 is 0 Å². The van der Waals surface area contributed by atoms with Crippen molar-refractivity contribution in [2.24, 2.45) is 11.3 Å². The molecule has 5 atom stereocenters. The Hall–Kier alpha value is -1.88. The number of rotatable bonds is 2. The monoisotopic (exact) mass is 398 g/mol. The molecule has 2 aliphatic heterocycles.